The molecule has 1 aromatic carbocycles. The lowest BCUT2D eigenvalue weighted by atomic mass is 9.99. The quantitative estimate of drug-likeness (QED) is 0.890. The van der Waals surface area contributed by atoms with Crippen molar-refractivity contribution in [3.05, 3.63) is 50.4 Å². The Morgan fingerprint density at radius 2 is 2.20 bits per heavy atom. The van der Waals surface area contributed by atoms with Gasteiger partial charge in [0.1, 0.15) is 0 Å². The number of nitrogens with zero attached hydrogens (tertiary/aromatic N) is 2. The van der Waals surface area contributed by atoms with E-state index in [0.717, 1.165) is 21.7 Å². The van der Waals surface area contributed by atoms with Crippen LogP contribution in [0.1, 0.15) is 29.2 Å². The number of hydrogen-bond donors (Lipinski definition) is 1. The van der Waals surface area contributed by atoms with Crippen molar-refractivity contribution in [1.29, 1.82) is 0 Å². The Kier molecular flexibility index (Phi) is 5.32. The van der Waals surface area contributed by atoms with Gasteiger partial charge in [-0.15, -0.1) is 11.3 Å². The number of likely N-dealkylation sites (N-methyl/N-ethyl adjacent to an activating group) is 1. The molecular formula is C15H20BrN3S. The highest BCUT2D eigenvalue weighted by atomic mass is 79.9. The monoisotopic (exact) mass is 353 g/mol. The molecule has 2 N–H and O–H groups in total. The van der Waals surface area contributed by atoms with Crippen LogP contribution in [-0.2, 0) is 6.54 Å². The minimum atomic E-state index is 0.0500. The largest absolute Gasteiger partial charge is 0.326 e. The summed E-state index contributed by atoms with van der Waals surface area (Å²) in [5.41, 5.74) is 8.54. The van der Waals surface area contributed by atoms with Crippen LogP contribution < -0.4 is 5.73 Å². The molecule has 1 heterocycles. The molecular weight excluding hydrogens is 334 g/mol. The average Bonchev–Trinajstić information content (AvgIpc) is 2.74. The summed E-state index contributed by atoms with van der Waals surface area (Å²) in [6, 6.07) is 8.57. The first kappa shape index (κ1) is 15.6. The van der Waals surface area contributed by atoms with Gasteiger partial charge >= 0.3 is 0 Å². The Bertz CT molecular complexity index is 568. The third-order valence-corrected chi connectivity index (χ3v) is 4.56. The van der Waals surface area contributed by atoms with Crippen molar-refractivity contribution in [3.8, 4) is 0 Å². The topological polar surface area (TPSA) is 42.2 Å². The van der Waals surface area contributed by atoms with Gasteiger partial charge in [0.25, 0.3) is 0 Å². The van der Waals surface area contributed by atoms with Crippen molar-refractivity contribution in [2.24, 2.45) is 5.73 Å². The maximum Gasteiger partial charge on any atom is 0.0897 e. The van der Waals surface area contributed by atoms with Crippen molar-refractivity contribution in [1.82, 2.24) is 9.88 Å². The number of halogens is 1. The van der Waals surface area contributed by atoms with Gasteiger partial charge in [0.05, 0.1) is 10.7 Å². The fourth-order valence-corrected chi connectivity index (χ4v) is 3.51. The van der Waals surface area contributed by atoms with Crippen LogP contribution in [0.3, 0.4) is 0 Å². The Labute approximate surface area is 133 Å². The summed E-state index contributed by atoms with van der Waals surface area (Å²) in [6.45, 7) is 4.89. The van der Waals surface area contributed by atoms with Crippen molar-refractivity contribution >= 4 is 27.3 Å². The second-order valence-corrected chi connectivity index (χ2v) is 7.11. The summed E-state index contributed by atoms with van der Waals surface area (Å²) in [6.07, 6.45) is 0. The van der Waals surface area contributed by atoms with Crippen LogP contribution in [-0.4, -0.2) is 23.0 Å². The van der Waals surface area contributed by atoms with Crippen LogP contribution in [0.2, 0.25) is 0 Å². The zero-order valence-corrected chi connectivity index (χ0v) is 14.4. The first-order valence-electron chi connectivity index (χ1n) is 6.59. The summed E-state index contributed by atoms with van der Waals surface area (Å²) in [7, 11) is 2.10. The number of aromatic nitrogens is 1. The third kappa shape index (κ3) is 3.88. The zero-order valence-electron chi connectivity index (χ0n) is 12.0. The van der Waals surface area contributed by atoms with E-state index in [2.05, 4.69) is 56.4 Å². The molecule has 0 amide bonds. The molecule has 0 aliphatic carbocycles. The van der Waals surface area contributed by atoms with Crippen LogP contribution in [0.25, 0.3) is 0 Å². The van der Waals surface area contributed by atoms with E-state index in [1.54, 1.807) is 11.3 Å². The molecule has 0 aliphatic heterocycles. The molecule has 0 radical (unpaired) electrons. The highest BCUT2D eigenvalue weighted by molar-refractivity contribution is 9.10. The number of nitrogens with two attached hydrogens (primary N) is 1. The van der Waals surface area contributed by atoms with Crippen molar-refractivity contribution in [2.75, 3.05) is 7.05 Å². The lowest BCUT2D eigenvalue weighted by molar-refractivity contribution is 0.209. The smallest absolute Gasteiger partial charge is 0.0897 e. The molecule has 108 valence electrons. The maximum absolute atomic E-state index is 6.20. The molecule has 5 heteroatoms. The first-order valence-corrected chi connectivity index (χ1v) is 8.27. The molecule has 3 nitrogen and oxygen atoms in total. The molecule has 0 saturated heterocycles. The van der Waals surface area contributed by atoms with Crippen LogP contribution in [0.15, 0.2) is 34.1 Å². The molecule has 2 rings (SSSR count). The second-order valence-electron chi connectivity index (χ2n) is 5.13. The highest BCUT2D eigenvalue weighted by Crippen LogP contribution is 2.26. The van der Waals surface area contributed by atoms with Gasteiger partial charge in [0.2, 0.25) is 0 Å². The zero-order chi connectivity index (χ0) is 14.7. The number of aryl methyl sites for hydroxylation is 1. The molecule has 0 bridgehead atoms. The van der Waals surface area contributed by atoms with Crippen molar-refractivity contribution in [3.63, 3.8) is 0 Å². The summed E-state index contributed by atoms with van der Waals surface area (Å²) in [4.78, 5) is 6.80. The predicted molar refractivity (Wildman–Crippen MR) is 88.9 cm³/mol. The van der Waals surface area contributed by atoms with Crippen molar-refractivity contribution < 1.29 is 0 Å². The molecule has 0 spiro atoms. The number of rotatable bonds is 5. The Balaban J connectivity index is 2.20. The number of thiazole rings is 1. The van der Waals surface area contributed by atoms with Crippen LogP contribution in [0.4, 0.5) is 0 Å². The van der Waals surface area contributed by atoms with Gasteiger partial charge in [-0.25, -0.2) is 4.98 Å². The lowest BCUT2D eigenvalue weighted by Gasteiger charge is -2.31. The maximum atomic E-state index is 6.20. The van der Waals surface area contributed by atoms with Gasteiger partial charge in [-0.1, -0.05) is 28.1 Å². The van der Waals surface area contributed by atoms with E-state index in [-0.39, 0.29) is 12.1 Å². The summed E-state index contributed by atoms with van der Waals surface area (Å²) in [5, 5.41) is 3.22. The molecule has 0 saturated carbocycles. The van der Waals surface area contributed by atoms with Gasteiger partial charge in [-0.3, -0.25) is 4.90 Å². The third-order valence-electron chi connectivity index (χ3n) is 3.24. The first-order chi connectivity index (χ1) is 9.47. The van der Waals surface area contributed by atoms with Crippen molar-refractivity contribution in [2.45, 2.75) is 32.5 Å². The Hall–Kier alpha value is -0.750. The highest BCUT2D eigenvalue weighted by Gasteiger charge is 2.22. The van der Waals surface area contributed by atoms with Crippen LogP contribution in [0, 0.1) is 6.92 Å². The normalized spacial score (nSPS) is 14.5. The fourth-order valence-electron chi connectivity index (χ4n) is 2.48. The number of benzene rings is 1. The summed E-state index contributed by atoms with van der Waals surface area (Å²) >= 11 is 5.22. The van der Waals surface area contributed by atoms with E-state index in [4.69, 9.17) is 5.73 Å². The summed E-state index contributed by atoms with van der Waals surface area (Å²) in [5.74, 6) is 0. The molecule has 2 unspecified atom stereocenters. The Morgan fingerprint density at radius 3 is 2.75 bits per heavy atom. The predicted octanol–water partition coefficient (Wildman–Crippen LogP) is 3.73. The van der Waals surface area contributed by atoms with E-state index >= 15 is 0 Å². The van der Waals surface area contributed by atoms with Gasteiger partial charge in [-0.2, -0.15) is 0 Å². The van der Waals surface area contributed by atoms with E-state index in [1.165, 1.54) is 5.56 Å². The van der Waals surface area contributed by atoms with Crippen LogP contribution in [0.5, 0.6) is 0 Å². The molecule has 20 heavy (non-hydrogen) atoms. The standard InChI is InChI=1S/C15H20BrN3S/c1-10(17)15(12-5-4-6-13(16)7-12)19(3)8-14-9-20-11(2)18-14/h4-7,9-10,15H,8,17H2,1-3H3. The number of hydrogen-bond acceptors (Lipinski definition) is 4. The van der Waals surface area contributed by atoms with Gasteiger partial charge in [0.15, 0.2) is 0 Å². The van der Waals surface area contributed by atoms with Crippen LogP contribution >= 0.6 is 27.3 Å². The SMILES string of the molecule is Cc1nc(CN(C)C(c2cccc(Br)c2)C(C)N)cs1. The van der Waals surface area contributed by atoms with E-state index in [9.17, 15) is 0 Å². The van der Waals surface area contributed by atoms with Gasteiger partial charge in [0, 0.05) is 28.5 Å². The fraction of sp³-hybridized carbons (Fsp3) is 0.400. The molecule has 1 aromatic heterocycles. The van der Waals surface area contributed by atoms with E-state index in [1.807, 2.05) is 19.9 Å². The van der Waals surface area contributed by atoms with Gasteiger partial charge in [-0.05, 0) is 38.6 Å². The lowest BCUT2D eigenvalue weighted by Crippen LogP contribution is -2.37. The molecule has 2 atom stereocenters. The Morgan fingerprint density at radius 1 is 1.45 bits per heavy atom. The van der Waals surface area contributed by atoms with E-state index in [0.29, 0.717) is 0 Å². The van der Waals surface area contributed by atoms with Gasteiger partial charge < -0.3 is 5.73 Å². The molecule has 2 aromatic rings. The second kappa shape index (κ2) is 6.80. The average molecular weight is 354 g/mol. The van der Waals surface area contributed by atoms with E-state index < -0.39 is 0 Å². The summed E-state index contributed by atoms with van der Waals surface area (Å²) < 4.78 is 1.08. The minimum Gasteiger partial charge on any atom is -0.326 e. The molecule has 0 fully saturated rings. The molecule has 0 aliphatic rings. The minimum absolute atomic E-state index is 0.0500.